The molecule has 0 saturated heterocycles. The average molecular weight is 270 g/mol. The number of nitrogens with one attached hydrogen (secondary N) is 1. The maximum absolute atomic E-state index is 13.0. The molecule has 2 aromatic rings. The fourth-order valence-electron chi connectivity index (χ4n) is 2.44. The van der Waals surface area contributed by atoms with Crippen molar-refractivity contribution in [3.63, 3.8) is 0 Å². The molecule has 0 aliphatic carbocycles. The SMILES string of the molecule is Cc1cc(F)ccc1NC(=O)N1Cc2ccccc2C1. The number of hydrogen-bond donors (Lipinski definition) is 1. The lowest BCUT2D eigenvalue weighted by atomic mass is 10.1. The van der Waals surface area contributed by atoms with Gasteiger partial charge in [0.05, 0.1) is 0 Å². The fraction of sp³-hybridized carbons (Fsp3) is 0.188. The Bertz CT molecular complexity index is 644. The second-order valence-electron chi connectivity index (χ2n) is 5.01. The predicted molar refractivity (Wildman–Crippen MR) is 75.8 cm³/mol. The van der Waals surface area contributed by atoms with E-state index in [9.17, 15) is 9.18 Å². The average Bonchev–Trinajstić information content (AvgIpc) is 2.86. The van der Waals surface area contributed by atoms with E-state index in [1.165, 1.54) is 23.3 Å². The summed E-state index contributed by atoms with van der Waals surface area (Å²) in [6, 6.07) is 12.2. The molecule has 0 spiro atoms. The van der Waals surface area contributed by atoms with Gasteiger partial charge in [0.15, 0.2) is 0 Å². The maximum Gasteiger partial charge on any atom is 0.322 e. The lowest BCUT2D eigenvalue weighted by Crippen LogP contribution is -2.30. The Morgan fingerprint density at radius 1 is 1.15 bits per heavy atom. The van der Waals surface area contributed by atoms with Gasteiger partial charge in [-0.05, 0) is 41.8 Å². The summed E-state index contributed by atoms with van der Waals surface area (Å²) < 4.78 is 13.0. The zero-order valence-electron chi connectivity index (χ0n) is 11.2. The van der Waals surface area contributed by atoms with E-state index < -0.39 is 0 Å². The first-order chi connectivity index (χ1) is 9.63. The summed E-state index contributed by atoms with van der Waals surface area (Å²) in [6.07, 6.45) is 0. The number of halogens is 1. The minimum absolute atomic E-state index is 0.157. The van der Waals surface area contributed by atoms with Gasteiger partial charge < -0.3 is 10.2 Å². The molecule has 0 fully saturated rings. The van der Waals surface area contributed by atoms with E-state index in [2.05, 4.69) is 5.32 Å². The van der Waals surface area contributed by atoms with Crippen molar-refractivity contribution in [2.75, 3.05) is 5.32 Å². The number of rotatable bonds is 1. The van der Waals surface area contributed by atoms with Gasteiger partial charge in [0.25, 0.3) is 0 Å². The first-order valence-electron chi connectivity index (χ1n) is 6.52. The van der Waals surface area contributed by atoms with Crippen molar-refractivity contribution in [3.8, 4) is 0 Å². The molecular weight excluding hydrogens is 255 g/mol. The van der Waals surface area contributed by atoms with Gasteiger partial charge in [0.2, 0.25) is 0 Å². The number of amides is 2. The Balaban J connectivity index is 1.72. The molecule has 1 aliphatic rings. The molecule has 2 amide bonds. The number of fused-ring (bicyclic) bond motifs is 1. The topological polar surface area (TPSA) is 32.3 Å². The molecule has 1 heterocycles. The quantitative estimate of drug-likeness (QED) is 0.842. The fourth-order valence-corrected chi connectivity index (χ4v) is 2.44. The van der Waals surface area contributed by atoms with Crippen LogP contribution in [-0.4, -0.2) is 10.9 Å². The van der Waals surface area contributed by atoms with Crippen LogP contribution in [0.1, 0.15) is 16.7 Å². The molecule has 3 nitrogen and oxygen atoms in total. The van der Waals surface area contributed by atoms with Crippen molar-refractivity contribution >= 4 is 11.7 Å². The minimum Gasteiger partial charge on any atom is -0.316 e. The van der Waals surface area contributed by atoms with Crippen molar-refractivity contribution in [2.45, 2.75) is 20.0 Å². The third kappa shape index (κ3) is 2.37. The summed E-state index contributed by atoms with van der Waals surface area (Å²) in [5.41, 5.74) is 3.72. The smallest absolute Gasteiger partial charge is 0.316 e. The van der Waals surface area contributed by atoms with E-state index in [1.54, 1.807) is 17.9 Å². The van der Waals surface area contributed by atoms with E-state index >= 15 is 0 Å². The van der Waals surface area contributed by atoms with Gasteiger partial charge >= 0.3 is 6.03 Å². The van der Waals surface area contributed by atoms with Crippen LogP contribution in [0.4, 0.5) is 14.9 Å². The van der Waals surface area contributed by atoms with Gasteiger partial charge in [-0.1, -0.05) is 24.3 Å². The number of carbonyl (C=O) groups excluding carboxylic acids is 1. The highest BCUT2D eigenvalue weighted by molar-refractivity contribution is 5.90. The molecule has 1 aliphatic heterocycles. The molecule has 0 atom stereocenters. The molecule has 102 valence electrons. The molecule has 20 heavy (non-hydrogen) atoms. The van der Waals surface area contributed by atoms with Gasteiger partial charge in [-0.15, -0.1) is 0 Å². The normalized spacial score (nSPS) is 13.2. The summed E-state index contributed by atoms with van der Waals surface area (Å²) in [5.74, 6) is -0.297. The van der Waals surface area contributed by atoms with Gasteiger partial charge in [-0.2, -0.15) is 0 Å². The molecular formula is C16H15FN2O. The number of urea groups is 1. The third-order valence-corrected chi connectivity index (χ3v) is 3.56. The molecule has 1 N–H and O–H groups in total. The van der Waals surface area contributed by atoms with Crippen LogP contribution in [0.15, 0.2) is 42.5 Å². The van der Waals surface area contributed by atoms with Crippen LogP contribution in [0.3, 0.4) is 0 Å². The lowest BCUT2D eigenvalue weighted by molar-refractivity contribution is 0.212. The van der Waals surface area contributed by atoms with E-state index in [0.717, 1.165) is 5.56 Å². The van der Waals surface area contributed by atoms with Crippen molar-refractivity contribution in [1.82, 2.24) is 4.90 Å². The highest BCUT2D eigenvalue weighted by atomic mass is 19.1. The first kappa shape index (κ1) is 12.7. The monoisotopic (exact) mass is 270 g/mol. The molecule has 0 bridgehead atoms. The van der Waals surface area contributed by atoms with Crippen LogP contribution in [0, 0.1) is 12.7 Å². The van der Waals surface area contributed by atoms with Gasteiger partial charge in [0, 0.05) is 18.8 Å². The second-order valence-corrected chi connectivity index (χ2v) is 5.01. The van der Waals surface area contributed by atoms with E-state index in [1.807, 2.05) is 24.3 Å². The first-order valence-corrected chi connectivity index (χ1v) is 6.52. The third-order valence-electron chi connectivity index (χ3n) is 3.56. The standard InChI is InChI=1S/C16H15FN2O/c1-11-8-14(17)6-7-15(11)18-16(20)19-9-12-4-2-3-5-13(12)10-19/h2-8H,9-10H2,1H3,(H,18,20). The number of carbonyl (C=O) groups is 1. The van der Waals surface area contributed by atoms with Crippen molar-refractivity contribution < 1.29 is 9.18 Å². The highest BCUT2D eigenvalue weighted by Gasteiger charge is 2.23. The van der Waals surface area contributed by atoms with Crippen molar-refractivity contribution in [2.24, 2.45) is 0 Å². The molecule has 4 heteroatoms. The summed E-state index contributed by atoms with van der Waals surface area (Å²) in [4.78, 5) is 14.0. The van der Waals surface area contributed by atoms with Gasteiger partial charge in [-0.25, -0.2) is 9.18 Å². The summed E-state index contributed by atoms with van der Waals surface area (Å²) in [5, 5.41) is 2.83. The molecule has 3 rings (SSSR count). The Kier molecular flexibility index (Phi) is 3.14. The molecule has 0 unspecified atom stereocenters. The molecule has 0 saturated carbocycles. The number of aryl methyl sites for hydroxylation is 1. The largest absolute Gasteiger partial charge is 0.322 e. The zero-order valence-corrected chi connectivity index (χ0v) is 11.2. The number of hydrogen-bond acceptors (Lipinski definition) is 1. The van der Waals surface area contributed by atoms with Gasteiger partial charge in [-0.3, -0.25) is 0 Å². The molecule has 0 radical (unpaired) electrons. The lowest BCUT2D eigenvalue weighted by Gasteiger charge is -2.17. The van der Waals surface area contributed by atoms with Crippen molar-refractivity contribution in [3.05, 3.63) is 65.0 Å². The van der Waals surface area contributed by atoms with E-state index in [-0.39, 0.29) is 11.8 Å². The van der Waals surface area contributed by atoms with Crippen LogP contribution in [-0.2, 0) is 13.1 Å². The Hall–Kier alpha value is -2.36. The zero-order chi connectivity index (χ0) is 14.1. The number of anilines is 1. The number of nitrogens with zero attached hydrogens (tertiary/aromatic N) is 1. The highest BCUT2D eigenvalue weighted by Crippen LogP contribution is 2.23. The van der Waals surface area contributed by atoms with Crippen molar-refractivity contribution in [1.29, 1.82) is 0 Å². The minimum atomic E-state index is -0.297. The Labute approximate surface area is 117 Å². The van der Waals surface area contributed by atoms with Crippen LogP contribution < -0.4 is 5.32 Å². The summed E-state index contributed by atoms with van der Waals surface area (Å²) in [6.45, 7) is 3.00. The van der Waals surface area contributed by atoms with Gasteiger partial charge in [0.1, 0.15) is 5.82 Å². The van der Waals surface area contributed by atoms with Crippen LogP contribution in [0.25, 0.3) is 0 Å². The molecule has 2 aromatic carbocycles. The van der Waals surface area contributed by atoms with Crippen LogP contribution in [0.2, 0.25) is 0 Å². The van der Waals surface area contributed by atoms with E-state index in [0.29, 0.717) is 18.8 Å². The Morgan fingerprint density at radius 3 is 2.40 bits per heavy atom. The summed E-state index contributed by atoms with van der Waals surface area (Å²) >= 11 is 0. The Morgan fingerprint density at radius 2 is 1.80 bits per heavy atom. The number of benzene rings is 2. The second kappa shape index (κ2) is 4.96. The molecule has 0 aromatic heterocycles. The summed E-state index contributed by atoms with van der Waals surface area (Å²) in [7, 11) is 0. The predicted octanol–water partition coefficient (Wildman–Crippen LogP) is 3.68. The maximum atomic E-state index is 13.0. The van der Waals surface area contributed by atoms with Crippen LogP contribution >= 0.6 is 0 Å². The van der Waals surface area contributed by atoms with Crippen LogP contribution in [0.5, 0.6) is 0 Å². The van der Waals surface area contributed by atoms with E-state index in [4.69, 9.17) is 0 Å².